The first kappa shape index (κ1) is 19.0. The quantitative estimate of drug-likeness (QED) is 0.587. The van der Waals surface area contributed by atoms with Gasteiger partial charge in [0.15, 0.2) is 15.7 Å². The number of rotatable bonds is 5. The summed E-state index contributed by atoms with van der Waals surface area (Å²) in [5, 5.41) is 10.9. The highest BCUT2D eigenvalue weighted by molar-refractivity contribution is 7.71. The van der Waals surface area contributed by atoms with Crippen molar-refractivity contribution in [3.63, 3.8) is 0 Å². The lowest BCUT2D eigenvalue weighted by Gasteiger charge is -2.13. The van der Waals surface area contributed by atoms with Crippen LogP contribution in [-0.2, 0) is 0 Å². The molecule has 3 aromatic rings. The molecule has 1 fully saturated rings. The van der Waals surface area contributed by atoms with E-state index in [9.17, 15) is 4.79 Å². The Balaban J connectivity index is 1.59. The maximum absolute atomic E-state index is 12.6. The largest absolute Gasteiger partial charge is 0.362 e. The van der Waals surface area contributed by atoms with E-state index in [0.29, 0.717) is 32.3 Å². The van der Waals surface area contributed by atoms with Crippen molar-refractivity contribution in [3.8, 4) is 10.7 Å². The lowest BCUT2D eigenvalue weighted by Crippen LogP contribution is -2.15. The molecule has 146 valence electrons. The minimum Gasteiger partial charge on any atom is -0.362 e. The van der Waals surface area contributed by atoms with Crippen LogP contribution in [-0.4, -0.2) is 44.7 Å². The number of carbonyl (C=O) groups excluding carboxylic acids is 1. The summed E-state index contributed by atoms with van der Waals surface area (Å²) < 4.78 is 2.64. The number of aromatic amines is 1. The fraction of sp³-hybridized carbons (Fsp3) is 0.353. The molecule has 0 atom stereocenters. The fourth-order valence-electron chi connectivity index (χ4n) is 2.85. The highest BCUT2D eigenvalue weighted by atomic mass is 35.5. The summed E-state index contributed by atoms with van der Waals surface area (Å²) in [6, 6.07) is 1.99. The molecule has 3 heterocycles. The molecule has 0 spiro atoms. The van der Waals surface area contributed by atoms with Crippen LogP contribution in [0.25, 0.3) is 10.7 Å². The summed E-state index contributed by atoms with van der Waals surface area (Å²) in [5.41, 5.74) is 1.15. The van der Waals surface area contributed by atoms with Gasteiger partial charge in [-0.2, -0.15) is 5.10 Å². The van der Waals surface area contributed by atoms with Crippen molar-refractivity contribution >= 4 is 52.0 Å². The van der Waals surface area contributed by atoms with Gasteiger partial charge in [-0.1, -0.05) is 22.9 Å². The Hall–Kier alpha value is -2.30. The van der Waals surface area contributed by atoms with Crippen LogP contribution >= 0.6 is 35.2 Å². The van der Waals surface area contributed by atoms with Crippen LogP contribution in [0.1, 0.15) is 34.9 Å². The Morgan fingerprint density at radius 1 is 1.46 bits per heavy atom. The highest BCUT2D eigenvalue weighted by Gasteiger charge is 2.29. The average Bonchev–Trinajstić information content (AvgIpc) is 3.31. The first-order valence-corrected chi connectivity index (χ1v) is 10.2. The summed E-state index contributed by atoms with van der Waals surface area (Å²) in [6.45, 7) is 1.89. The molecule has 1 saturated carbocycles. The van der Waals surface area contributed by atoms with Crippen LogP contribution in [0.15, 0.2) is 12.3 Å². The van der Waals surface area contributed by atoms with Crippen molar-refractivity contribution in [1.29, 1.82) is 0 Å². The minimum atomic E-state index is -0.318. The van der Waals surface area contributed by atoms with Gasteiger partial charge >= 0.3 is 0 Å². The Bertz CT molecular complexity index is 1110. The van der Waals surface area contributed by atoms with E-state index in [2.05, 4.69) is 25.5 Å². The molecule has 0 aromatic carbocycles. The van der Waals surface area contributed by atoms with Crippen molar-refractivity contribution in [1.82, 2.24) is 24.7 Å². The number of carbonyl (C=O) groups is 1. The number of halogens is 1. The molecule has 11 heteroatoms. The van der Waals surface area contributed by atoms with Gasteiger partial charge in [0, 0.05) is 26.3 Å². The van der Waals surface area contributed by atoms with E-state index in [0.717, 1.165) is 29.2 Å². The molecule has 8 nitrogen and oxygen atoms in total. The van der Waals surface area contributed by atoms with Gasteiger partial charge in [-0.3, -0.25) is 19.8 Å². The number of hydrogen-bond acceptors (Lipinski definition) is 7. The maximum atomic E-state index is 12.6. The smallest absolute Gasteiger partial charge is 0.259 e. The van der Waals surface area contributed by atoms with Crippen molar-refractivity contribution in [2.24, 2.45) is 0 Å². The summed E-state index contributed by atoms with van der Waals surface area (Å²) in [7, 11) is 3.68. The van der Waals surface area contributed by atoms with Crippen LogP contribution in [0.3, 0.4) is 0 Å². The molecule has 1 aliphatic carbocycles. The Morgan fingerprint density at radius 2 is 2.21 bits per heavy atom. The lowest BCUT2D eigenvalue weighted by atomic mass is 10.2. The summed E-state index contributed by atoms with van der Waals surface area (Å²) in [4.78, 5) is 24.0. The highest BCUT2D eigenvalue weighted by Crippen LogP contribution is 2.40. The number of aryl methyl sites for hydroxylation is 1. The van der Waals surface area contributed by atoms with E-state index < -0.39 is 0 Å². The number of nitrogens with one attached hydrogen (secondary N) is 2. The SMILES string of the molecule is Cc1nc(NC(=O)c2cnc(N(C)C)c(Cl)c2)sc1-c1n[nH]c(=S)n1C1CC1. The molecule has 0 radical (unpaired) electrons. The van der Waals surface area contributed by atoms with E-state index in [-0.39, 0.29) is 5.91 Å². The van der Waals surface area contributed by atoms with Crippen LogP contribution in [0.5, 0.6) is 0 Å². The monoisotopic (exact) mass is 435 g/mol. The third-order valence-corrected chi connectivity index (χ3v) is 5.98. The van der Waals surface area contributed by atoms with Gasteiger partial charge in [0.05, 0.1) is 21.2 Å². The zero-order chi connectivity index (χ0) is 20.0. The Kier molecular flexibility index (Phi) is 4.94. The van der Waals surface area contributed by atoms with Gasteiger partial charge in [0.1, 0.15) is 5.82 Å². The molecule has 28 heavy (non-hydrogen) atoms. The van der Waals surface area contributed by atoms with E-state index in [1.54, 1.807) is 11.0 Å². The number of hydrogen-bond donors (Lipinski definition) is 2. The molecule has 1 amide bonds. The first-order chi connectivity index (χ1) is 13.3. The predicted octanol–water partition coefficient (Wildman–Crippen LogP) is 4.07. The van der Waals surface area contributed by atoms with E-state index >= 15 is 0 Å². The fourth-order valence-corrected chi connectivity index (χ4v) is 4.41. The van der Waals surface area contributed by atoms with Crippen LogP contribution in [0.2, 0.25) is 5.02 Å². The molecule has 0 unspecified atom stereocenters. The molecule has 0 aliphatic heterocycles. The molecule has 2 N–H and O–H groups in total. The number of aromatic nitrogens is 5. The number of thiazole rings is 1. The third kappa shape index (κ3) is 3.54. The van der Waals surface area contributed by atoms with Gasteiger partial charge in [0.2, 0.25) is 0 Å². The minimum absolute atomic E-state index is 0.318. The molecule has 4 rings (SSSR count). The molecular formula is C17H18ClN7OS2. The zero-order valence-electron chi connectivity index (χ0n) is 15.5. The number of nitrogens with zero attached hydrogens (tertiary/aromatic N) is 5. The number of pyridine rings is 1. The number of anilines is 2. The molecular weight excluding hydrogens is 418 g/mol. The van der Waals surface area contributed by atoms with Gasteiger partial charge < -0.3 is 4.90 Å². The van der Waals surface area contributed by atoms with Gasteiger partial charge in [0.25, 0.3) is 5.91 Å². The maximum Gasteiger partial charge on any atom is 0.259 e. The van der Waals surface area contributed by atoms with Gasteiger partial charge in [-0.15, -0.1) is 0 Å². The standard InChI is InChI=1S/C17H18ClN7OS2/c1-8-12(14-22-23-17(27)25(14)10-4-5-10)28-16(20-8)21-15(26)9-6-11(18)13(19-7-9)24(2)3/h6-7,10H,4-5H2,1-3H3,(H,23,27)(H,20,21,26). The first-order valence-electron chi connectivity index (χ1n) is 8.64. The van der Waals surface area contributed by atoms with Crippen LogP contribution in [0.4, 0.5) is 10.9 Å². The molecule has 0 bridgehead atoms. The summed E-state index contributed by atoms with van der Waals surface area (Å²) in [5.74, 6) is 1.05. The second kappa shape index (κ2) is 7.26. The number of H-pyrrole nitrogens is 1. The van der Waals surface area contributed by atoms with E-state index in [1.165, 1.54) is 17.5 Å². The van der Waals surface area contributed by atoms with Gasteiger partial charge in [-0.05, 0) is 38.0 Å². The zero-order valence-corrected chi connectivity index (χ0v) is 17.9. The van der Waals surface area contributed by atoms with E-state index in [4.69, 9.17) is 23.8 Å². The summed E-state index contributed by atoms with van der Waals surface area (Å²) in [6.07, 6.45) is 3.69. The normalized spacial score (nSPS) is 13.6. The second-order valence-electron chi connectivity index (χ2n) is 6.77. The van der Waals surface area contributed by atoms with Crippen molar-refractivity contribution in [3.05, 3.63) is 33.3 Å². The Labute approximate surface area is 175 Å². The van der Waals surface area contributed by atoms with Crippen molar-refractivity contribution in [2.75, 3.05) is 24.3 Å². The molecule has 3 aromatic heterocycles. The lowest BCUT2D eigenvalue weighted by molar-refractivity contribution is 0.102. The third-order valence-electron chi connectivity index (χ3n) is 4.34. The van der Waals surface area contributed by atoms with Crippen LogP contribution < -0.4 is 10.2 Å². The second-order valence-corrected chi connectivity index (χ2v) is 8.56. The topological polar surface area (TPSA) is 91.7 Å². The average molecular weight is 436 g/mol. The predicted molar refractivity (Wildman–Crippen MR) is 113 cm³/mol. The van der Waals surface area contributed by atoms with Crippen LogP contribution in [0, 0.1) is 11.7 Å². The van der Waals surface area contributed by atoms with Crippen molar-refractivity contribution < 1.29 is 4.79 Å². The van der Waals surface area contributed by atoms with Gasteiger partial charge in [-0.25, -0.2) is 9.97 Å². The molecule has 0 saturated heterocycles. The molecule has 1 aliphatic rings. The number of amides is 1. The van der Waals surface area contributed by atoms with E-state index in [1.807, 2.05) is 25.6 Å². The Morgan fingerprint density at radius 3 is 2.86 bits per heavy atom. The summed E-state index contributed by atoms with van der Waals surface area (Å²) >= 11 is 12.9. The van der Waals surface area contributed by atoms with Crippen molar-refractivity contribution in [2.45, 2.75) is 25.8 Å².